The van der Waals surface area contributed by atoms with E-state index >= 15 is 0 Å². The van der Waals surface area contributed by atoms with Crippen molar-refractivity contribution < 1.29 is 0 Å². The molecule has 0 N–H and O–H groups in total. The molecule has 0 amide bonds. The Labute approximate surface area is 113 Å². The van der Waals surface area contributed by atoms with E-state index in [-0.39, 0.29) is 0 Å². The minimum absolute atomic E-state index is 0.459. The zero-order valence-corrected chi connectivity index (χ0v) is 11.1. The van der Waals surface area contributed by atoms with Gasteiger partial charge in [-0.2, -0.15) is 10.5 Å². The summed E-state index contributed by atoms with van der Waals surface area (Å²) >= 11 is 0. The van der Waals surface area contributed by atoms with Gasteiger partial charge in [-0.1, -0.05) is 44.0 Å². The molecule has 0 spiro atoms. The van der Waals surface area contributed by atoms with Gasteiger partial charge >= 0.3 is 0 Å². The molecule has 2 rings (SSSR count). The van der Waals surface area contributed by atoms with Gasteiger partial charge in [-0.15, -0.1) is 0 Å². The third-order valence-electron chi connectivity index (χ3n) is 3.43. The van der Waals surface area contributed by atoms with E-state index in [2.05, 4.69) is 25.1 Å². The molecule has 2 aromatic rings. The molecule has 0 radical (unpaired) electrons. The Hall–Kier alpha value is -2.32. The van der Waals surface area contributed by atoms with Gasteiger partial charge in [0.15, 0.2) is 0 Å². The zero-order chi connectivity index (χ0) is 13.7. The maximum Gasteiger partial charge on any atom is 0.101 e. The third-order valence-corrected chi connectivity index (χ3v) is 3.43. The number of nitrogens with zero attached hydrogens (tertiary/aromatic N) is 2. The molecule has 94 valence electrons. The Bertz CT molecular complexity index is 672. The Morgan fingerprint density at radius 3 is 2.47 bits per heavy atom. The number of hydrogen-bond donors (Lipinski definition) is 0. The summed E-state index contributed by atoms with van der Waals surface area (Å²) in [6.45, 7) is 2.19. The lowest BCUT2D eigenvalue weighted by Crippen LogP contribution is -1.92. The Kier molecular flexibility index (Phi) is 4.16. The summed E-state index contributed by atoms with van der Waals surface area (Å²) in [7, 11) is 0. The summed E-state index contributed by atoms with van der Waals surface area (Å²) < 4.78 is 0. The van der Waals surface area contributed by atoms with Crippen molar-refractivity contribution in [2.24, 2.45) is 0 Å². The van der Waals surface area contributed by atoms with Crippen LogP contribution in [0.15, 0.2) is 30.3 Å². The highest BCUT2D eigenvalue weighted by Crippen LogP contribution is 2.25. The SMILES string of the molecule is CCCCCc1cccc2c(C#N)c(C#N)ccc12. The lowest BCUT2D eigenvalue weighted by atomic mass is 9.94. The lowest BCUT2D eigenvalue weighted by molar-refractivity contribution is 0.719. The van der Waals surface area contributed by atoms with Crippen LogP contribution < -0.4 is 0 Å². The molecule has 0 aromatic heterocycles. The second-order valence-electron chi connectivity index (χ2n) is 4.68. The molecule has 0 aliphatic heterocycles. The minimum atomic E-state index is 0.459. The first kappa shape index (κ1) is 13.1. The normalized spacial score (nSPS) is 10.1. The molecule has 0 bridgehead atoms. The fourth-order valence-electron chi connectivity index (χ4n) is 2.42. The maximum atomic E-state index is 9.25. The van der Waals surface area contributed by atoms with Crippen molar-refractivity contribution in [1.82, 2.24) is 0 Å². The van der Waals surface area contributed by atoms with Crippen LogP contribution in [0.5, 0.6) is 0 Å². The summed E-state index contributed by atoms with van der Waals surface area (Å²) in [4.78, 5) is 0. The van der Waals surface area contributed by atoms with Crippen LogP contribution in [0.2, 0.25) is 0 Å². The molecular weight excluding hydrogens is 232 g/mol. The minimum Gasteiger partial charge on any atom is -0.192 e. The predicted octanol–water partition coefficient (Wildman–Crippen LogP) is 4.32. The Balaban J connectivity index is 2.53. The van der Waals surface area contributed by atoms with Crippen LogP contribution >= 0.6 is 0 Å². The number of benzene rings is 2. The summed E-state index contributed by atoms with van der Waals surface area (Å²) in [6, 6.07) is 14.0. The first-order valence-electron chi connectivity index (χ1n) is 6.66. The van der Waals surface area contributed by atoms with Crippen molar-refractivity contribution in [3.63, 3.8) is 0 Å². The average molecular weight is 248 g/mol. The molecular formula is C17H16N2. The average Bonchev–Trinajstić information content (AvgIpc) is 2.46. The molecule has 2 heteroatoms. The standard InChI is InChI=1S/C17H16N2/c1-2-3-4-6-13-7-5-8-16-15(13)10-9-14(11-18)17(16)12-19/h5,7-10H,2-4,6H2,1H3. The van der Waals surface area contributed by atoms with Crippen LogP contribution in [0.1, 0.15) is 42.9 Å². The zero-order valence-electron chi connectivity index (χ0n) is 11.1. The Morgan fingerprint density at radius 2 is 1.79 bits per heavy atom. The van der Waals surface area contributed by atoms with Gasteiger partial charge in [0.05, 0.1) is 11.1 Å². The first-order chi connectivity index (χ1) is 9.31. The molecule has 2 aromatic carbocycles. The molecule has 2 nitrogen and oxygen atoms in total. The summed E-state index contributed by atoms with van der Waals surface area (Å²) in [6.07, 6.45) is 4.62. The van der Waals surface area contributed by atoms with Crippen LogP contribution in [-0.2, 0) is 6.42 Å². The van der Waals surface area contributed by atoms with E-state index in [1.165, 1.54) is 18.4 Å². The highest BCUT2D eigenvalue weighted by Gasteiger charge is 2.09. The summed E-state index contributed by atoms with van der Waals surface area (Å²) in [5.74, 6) is 0. The first-order valence-corrected chi connectivity index (χ1v) is 6.66. The van der Waals surface area contributed by atoms with Crippen LogP contribution in [-0.4, -0.2) is 0 Å². The molecule has 0 fully saturated rings. The van der Waals surface area contributed by atoms with E-state index in [1.807, 2.05) is 18.2 Å². The van der Waals surface area contributed by atoms with Gasteiger partial charge in [0.2, 0.25) is 0 Å². The van der Waals surface area contributed by atoms with Gasteiger partial charge in [0.25, 0.3) is 0 Å². The monoisotopic (exact) mass is 248 g/mol. The number of nitriles is 2. The van der Waals surface area contributed by atoms with Gasteiger partial charge in [-0.3, -0.25) is 0 Å². The van der Waals surface area contributed by atoms with E-state index in [9.17, 15) is 5.26 Å². The molecule has 0 saturated carbocycles. The quantitative estimate of drug-likeness (QED) is 0.757. The van der Waals surface area contributed by atoms with E-state index in [0.29, 0.717) is 11.1 Å². The van der Waals surface area contributed by atoms with Crippen molar-refractivity contribution in [3.8, 4) is 12.1 Å². The van der Waals surface area contributed by atoms with Crippen molar-refractivity contribution in [3.05, 3.63) is 47.0 Å². The van der Waals surface area contributed by atoms with Crippen LogP contribution in [0, 0.1) is 22.7 Å². The smallest absolute Gasteiger partial charge is 0.101 e. The number of unbranched alkanes of at least 4 members (excludes halogenated alkanes) is 2. The van der Waals surface area contributed by atoms with E-state index < -0.39 is 0 Å². The van der Waals surface area contributed by atoms with E-state index in [4.69, 9.17) is 5.26 Å². The number of aryl methyl sites for hydroxylation is 1. The fraction of sp³-hybridized carbons (Fsp3) is 0.294. The number of hydrogen-bond acceptors (Lipinski definition) is 2. The van der Waals surface area contributed by atoms with Crippen molar-refractivity contribution in [2.45, 2.75) is 32.6 Å². The highest BCUT2D eigenvalue weighted by atomic mass is 14.3. The molecule has 0 saturated heterocycles. The molecule has 0 unspecified atom stereocenters. The highest BCUT2D eigenvalue weighted by molar-refractivity contribution is 5.92. The van der Waals surface area contributed by atoms with Gasteiger partial charge in [0, 0.05) is 5.39 Å². The Morgan fingerprint density at radius 1 is 0.947 bits per heavy atom. The largest absolute Gasteiger partial charge is 0.192 e. The van der Waals surface area contributed by atoms with Crippen LogP contribution in [0.4, 0.5) is 0 Å². The van der Waals surface area contributed by atoms with Crippen LogP contribution in [0.3, 0.4) is 0 Å². The molecule has 0 heterocycles. The molecule has 0 atom stereocenters. The van der Waals surface area contributed by atoms with Crippen molar-refractivity contribution in [2.75, 3.05) is 0 Å². The van der Waals surface area contributed by atoms with Gasteiger partial charge in [-0.05, 0) is 29.9 Å². The molecule has 0 aliphatic carbocycles. The van der Waals surface area contributed by atoms with Gasteiger partial charge < -0.3 is 0 Å². The fourth-order valence-corrected chi connectivity index (χ4v) is 2.42. The molecule has 19 heavy (non-hydrogen) atoms. The predicted molar refractivity (Wildman–Crippen MR) is 76.6 cm³/mol. The molecule has 0 aliphatic rings. The summed E-state index contributed by atoms with van der Waals surface area (Å²) in [5, 5.41) is 20.3. The second-order valence-corrected chi connectivity index (χ2v) is 4.68. The third kappa shape index (κ3) is 2.59. The number of fused-ring (bicyclic) bond motifs is 1. The van der Waals surface area contributed by atoms with E-state index in [1.54, 1.807) is 6.07 Å². The van der Waals surface area contributed by atoms with Gasteiger partial charge in [-0.25, -0.2) is 0 Å². The lowest BCUT2D eigenvalue weighted by Gasteiger charge is -2.08. The van der Waals surface area contributed by atoms with E-state index in [0.717, 1.165) is 23.6 Å². The van der Waals surface area contributed by atoms with Crippen molar-refractivity contribution in [1.29, 1.82) is 10.5 Å². The number of rotatable bonds is 4. The van der Waals surface area contributed by atoms with Gasteiger partial charge in [0.1, 0.15) is 12.1 Å². The topological polar surface area (TPSA) is 47.6 Å². The summed E-state index contributed by atoms with van der Waals surface area (Å²) in [5.41, 5.74) is 2.23. The second kappa shape index (κ2) is 6.03. The van der Waals surface area contributed by atoms with Crippen molar-refractivity contribution >= 4 is 10.8 Å². The maximum absolute atomic E-state index is 9.25. The van der Waals surface area contributed by atoms with Crippen LogP contribution in [0.25, 0.3) is 10.8 Å².